The maximum Gasteiger partial charge on any atom is 0.243 e. The molecule has 31 heavy (non-hydrogen) atoms. The number of amides is 2. The van der Waals surface area contributed by atoms with Crippen LogP contribution in [0.4, 0.5) is 0 Å². The third-order valence-corrected chi connectivity index (χ3v) is 7.56. The fourth-order valence-electron chi connectivity index (χ4n) is 3.62. The van der Waals surface area contributed by atoms with Crippen LogP contribution in [0.5, 0.6) is 5.75 Å². The van der Waals surface area contributed by atoms with Crippen molar-refractivity contribution in [3.05, 3.63) is 24.3 Å². The predicted molar refractivity (Wildman–Crippen MR) is 119 cm³/mol. The fraction of sp³-hybridized carbons (Fsp3) is 0.636. The van der Waals surface area contributed by atoms with Crippen molar-refractivity contribution in [3.63, 3.8) is 0 Å². The van der Waals surface area contributed by atoms with Crippen molar-refractivity contribution < 1.29 is 22.7 Å². The van der Waals surface area contributed by atoms with Gasteiger partial charge in [0, 0.05) is 19.1 Å². The SMILES string of the molecule is CC[C@@H](C)[C@H](NC(=O)[C@H]1CCCN(S(=O)(=O)c2ccc(OC)cc2)C1)C(=O)NC(C)C. The lowest BCUT2D eigenvalue weighted by molar-refractivity contribution is -0.133. The van der Waals surface area contributed by atoms with Gasteiger partial charge in [0.15, 0.2) is 0 Å². The standard InChI is InChI=1S/C22H35N3O5S/c1-6-16(4)20(22(27)23-15(2)3)24-21(26)17-8-7-13-25(14-17)31(28,29)19-11-9-18(30-5)10-12-19/h9-12,15-17,20H,6-8,13-14H2,1-5H3,(H,23,27)(H,24,26)/t16-,17+,20+/m1/s1. The largest absolute Gasteiger partial charge is 0.497 e. The van der Waals surface area contributed by atoms with Crippen LogP contribution in [0.1, 0.15) is 47.0 Å². The second kappa shape index (κ2) is 10.9. The highest BCUT2D eigenvalue weighted by Crippen LogP contribution is 2.25. The summed E-state index contributed by atoms with van der Waals surface area (Å²) < 4.78 is 32.5. The summed E-state index contributed by atoms with van der Waals surface area (Å²) in [6.45, 7) is 8.09. The van der Waals surface area contributed by atoms with Crippen LogP contribution in [0.3, 0.4) is 0 Å². The molecule has 1 fully saturated rings. The van der Waals surface area contributed by atoms with Gasteiger partial charge in [-0.3, -0.25) is 9.59 Å². The molecule has 1 aromatic rings. The molecular weight excluding hydrogens is 418 g/mol. The summed E-state index contributed by atoms with van der Waals surface area (Å²) in [4.78, 5) is 25.7. The normalized spacial score (nSPS) is 19.5. The first-order chi connectivity index (χ1) is 14.6. The van der Waals surface area contributed by atoms with Gasteiger partial charge in [0.1, 0.15) is 11.8 Å². The lowest BCUT2D eigenvalue weighted by atomic mass is 9.94. The van der Waals surface area contributed by atoms with Crippen LogP contribution < -0.4 is 15.4 Å². The average Bonchev–Trinajstić information content (AvgIpc) is 2.76. The molecule has 0 bridgehead atoms. The predicted octanol–water partition coefficient (Wildman–Crippen LogP) is 2.15. The molecule has 0 aromatic heterocycles. The molecule has 2 rings (SSSR count). The van der Waals surface area contributed by atoms with E-state index in [0.717, 1.165) is 6.42 Å². The number of carbonyl (C=O) groups excluding carboxylic acids is 2. The number of nitrogens with zero attached hydrogens (tertiary/aromatic N) is 1. The van der Waals surface area contributed by atoms with Crippen LogP contribution in [-0.4, -0.2) is 56.8 Å². The highest BCUT2D eigenvalue weighted by atomic mass is 32.2. The molecule has 3 atom stereocenters. The molecule has 1 heterocycles. The molecule has 174 valence electrons. The summed E-state index contributed by atoms with van der Waals surface area (Å²) in [5, 5.41) is 5.74. The highest BCUT2D eigenvalue weighted by molar-refractivity contribution is 7.89. The van der Waals surface area contributed by atoms with Crippen LogP contribution >= 0.6 is 0 Å². The van der Waals surface area contributed by atoms with Crippen molar-refractivity contribution in [1.29, 1.82) is 0 Å². The maximum atomic E-state index is 13.1. The molecule has 1 aliphatic heterocycles. The van der Waals surface area contributed by atoms with E-state index in [4.69, 9.17) is 4.74 Å². The number of ether oxygens (including phenoxy) is 1. The second-order valence-electron chi connectivity index (χ2n) is 8.41. The molecule has 2 N–H and O–H groups in total. The van der Waals surface area contributed by atoms with E-state index in [0.29, 0.717) is 25.1 Å². The Morgan fingerprint density at radius 3 is 2.35 bits per heavy atom. The Morgan fingerprint density at radius 2 is 1.81 bits per heavy atom. The molecule has 8 nitrogen and oxygen atoms in total. The molecule has 0 unspecified atom stereocenters. The average molecular weight is 454 g/mol. The molecular formula is C22H35N3O5S. The summed E-state index contributed by atoms with van der Waals surface area (Å²) in [5.41, 5.74) is 0. The Hall–Kier alpha value is -2.13. The van der Waals surface area contributed by atoms with E-state index in [-0.39, 0.29) is 35.2 Å². The topological polar surface area (TPSA) is 105 Å². The molecule has 1 aromatic carbocycles. The van der Waals surface area contributed by atoms with Crippen LogP contribution in [0.25, 0.3) is 0 Å². The maximum absolute atomic E-state index is 13.1. The quantitative estimate of drug-likeness (QED) is 0.596. The van der Waals surface area contributed by atoms with Crippen LogP contribution in [0.15, 0.2) is 29.2 Å². The minimum atomic E-state index is -3.72. The van der Waals surface area contributed by atoms with Crippen molar-refractivity contribution >= 4 is 21.8 Å². The number of rotatable bonds is 9. The molecule has 1 saturated heterocycles. The zero-order valence-corrected chi connectivity index (χ0v) is 19.9. The van der Waals surface area contributed by atoms with Crippen LogP contribution in [0.2, 0.25) is 0 Å². The van der Waals surface area contributed by atoms with Gasteiger partial charge in [-0.05, 0) is 56.9 Å². The van der Waals surface area contributed by atoms with Gasteiger partial charge in [-0.25, -0.2) is 8.42 Å². The van der Waals surface area contributed by atoms with E-state index in [1.54, 1.807) is 12.1 Å². The number of hydrogen-bond acceptors (Lipinski definition) is 5. The molecule has 0 aliphatic carbocycles. The van der Waals surface area contributed by atoms with Crippen molar-refractivity contribution in [1.82, 2.24) is 14.9 Å². The Balaban J connectivity index is 2.12. The minimum Gasteiger partial charge on any atom is -0.497 e. The second-order valence-corrected chi connectivity index (χ2v) is 10.4. The summed E-state index contributed by atoms with van der Waals surface area (Å²) in [6.07, 6.45) is 1.90. The van der Waals surface area contributed by atoms with E-state index in [2.05, 4.69) is 10.6 Å². The third-order valence-electron chi connectivity index (χ3n) is 5.68. The smallest absolute Gasteiger partial charge is 0.243 e. The van der Waals surface area contributed by atoms with Gasteiger partial charge in [-0.15, -0.1) is 0 Å². The minimum absolute atomic E-state index is 0.0317. The zero-order chi connectivity index (χ0) is 23.2. The first kappa shape index (κ1) is 25.1. The number of nitrogens with one attached hydrogen (secondary N) is 2. The Labute approximate surface area is 185 Å². The van der Waals surface area contributed by atoms with E-state index >= 15 is 0 Å². The Bertz CT molecular complexity index is 854. The third kappa shape index (κ3) is 6.43. The number of sulfonamides is 1. The van der Waals surface area contributed by atoms with E-state index < -0.39 is 22.0 Å². The van der Waals surface area contributed by atoms with Gasteiger partial charge in [0.2, 0.25) is 21.8 Å². The van der Waals surface area contributed by atoms with E-state index in [9.17, 15) is 18.0 Å². The molecule has 1 aliphatic rings. The number of methoxy groups -OCH3 is 1. The van der Waals surface area contributed by atoms with Crippen LogP contribution in [0, 0.1) is 11.8 Å². The lowest BCUT2D eigenvalue weighted by Crippen LogP contribution is -2.54. The summed E-state index contributed by atoms with van der Waals surface area (Å²) >= 11 is 0. The van der Waals surface area contributed by atoms with Gasteiger partial charge in [0.05, 0.1) is 17.9 Å². The monoisotopic (exact) mass is 453 g/mol. The van der Waals surface area contributed by atoms with Crippen molar-refractivity contribution in [3.8, 4) is 5.75 Å². The fourth-order valence-corrected chi connectivity index (χ4v) is 5.14. The molecule has 0 radical (unpaired) electrons. The highest BCUT2D eigenvalue weighted by Gasteiger charge is 2.35. The molecule has 2 amide bonds. The van der Waals surface area contributed by atoms with Crippen molar-refractivity contribution in [2.45, 2.75) is 63.9 Å². The van der Waals surface area contributed by atoms with E-state index in [1.165, 1.54) is 23.5 Å². The first-order valence-corrected chi connectivity index (χ1v) is 12.3. The van der Waals surface area contributed by atoms with Gasteiger partial charge < -0.3 is 15.4 Å². The molecule has 0 spiro atoms. The van der Waals surface area contributed by atoms with Crippen molar-refractivity contribution in [2.75, 3.05) is 20.2 Å². The molecule has 9 heteroatoms. The Morgan fingerprint density at radius 1 is 1.16 bits per heavy atom. The first-order valence-electron chi connectivity index (χ1n) is 10.8. The van der Waals surface area contributed by atoms with E-state index in [1.807, 2.05) is 27.7 Å². The zero-order valence-electron chi connectivity index (χ0n) is 19.1. The number of piperidine rings is 1. The summed E-state index contributed by atoms with van der Waals surface area (Å²) in [5.74, 6) is -0.453. The summed E-state index contributed by atoms with van der Waals surface area (Å²) in [7, 11) is -2.20. The summed E-state index contributed by atoms with van der Waals surface area (Å²) in [6, 6.07) is 5.54. The van der Waals surface area contributed by atoms with Gasteiger partial charge in [0.25, 0.3) is 0 Å². The van der Waals surface area contributed by atoms with Gasteiger partial charge in [-0.2, -0.15) is 4.31 Å². The number of hydrogen-bond donors (Lipinski definition) is 2. The number of carbonyl (C=O) groups is 2. The number of benzene rings is 1. The van der Waals surface area contributed by atoms with Crippen molar-refractivity contribution in [2.24, 2.45) is 11.8 Å². The lowest BCUT2D eigenvalue weighted by Gasteiger charge is -2.33. The van der Waals surface area contributed by atoms with Crippen LogP contribution in [-0.2, 0) is 19.6 Å². The van der Waals surface area contributed by atoms with Gasteiger partial charge >= 0.3 is 0 Å². The van der Waals surface area contributed by atoms with Gasteiger partial charge in [-0.1, -0.05) is 20.3 Å². The Kier molecular flexibility index (Phi) is 8.88. The molecule has 0 saturated carbocycles.